The first-order valence-corrected chi connectivity index (χ1v) is 7.86. The molecule has 0 aliphatic heterocycles. The van der Waals surface area contributed by atoms with Crippen molar-refractivity contribution in [2.24, 2.45) is 0 Å². The first-order valence-electron chi connectivity index (χ1n) is 5.20. The van der Waals surface area contributed by atoms with E-state index in [0.29, 0.717) is 0 Å². The van der Waals surface area contributed by atoms with E-state index in [0.717, 1.165) is 18.2 Å². The third kappa shape index (κ3) is 3.55. The number of carboxylic acids is 1. The Morgan fingerprint density at radius 1 is 1.33 bits per heavy atom. The lowest BCUT2D eigenvalue weighted by molar-refractivity contribution is 0.0661. The van der Waals surface area contributed by atoms with Gasteiger partial charge in [-0.15, -0.1) is 0 Å². The van der Waals surface area contributed by atoms with Crippen LogP contribution in [0.15, 0.2) is 38.2 Å². The van der Waals surface area contributed by atoms with Gasteiger partial charge in [0.15, 0.2) is 4.67 Å². The summed E-state index contributed by atoms with van der Waals surface area (Å²) in [5, 5.41) is 8.76. The Labute approximate surface area is 131 Å². The van der Waals surface area contributed by atoms with Crippen molar-refractivity contribution in [3.63, 3.8) is 0 Å². The summed E-state index contributed by atoms with van der Waals surface area (Å²) in [6, 6.07) is 3.97. The molecule has 0 spiro atoms. The van der Waals surface area contributed by atoms with Gasteiger partial charge in [-0.3, -0.25) is 4.72 Å². The van der Waals surface area contributed by atoms with Crippen LogP contribution in [0.3, 0.4) is 0 Å². The van der Waals surface area contributed by atoms with Gasteiger partial charge in [-0.1, -0.05) is 11.6 Å². The highest BCUT2D eigenvalue weighted by Crippen LogP contribution is 2.28. The topological polar surface area (TPSA) is 96.6 Å². The van der Waals surface area contributed by atoms with Crippen molar-refractivity contribution in [1.82, 2.24) is 0 Å². The van der Waals surface area contributed by atoms with Gasteiger partial charge < -0.3 is 9.52 Å². The average molecular weight is 399 g/mol. The quantitative estimate of drug-likeness (QED) is 0.823. The number of furan rings is 1. The molecule has 10 heteroatoms. The van der Waals surface area contributed by atoms with Crippen molar-refractivity contribution < 1.29 is 27.1 Å². The average Bonchev–Trinajstić information content (AvgIpc) is 2.70. The number of hydrogen-bond acceptors (Lipinski definition) is 4. The summed E-state index contributed by atoms with van der Waals surface area (Å²) in [5.41, 5.74) is -0.107. The number of benzene rings is 1. The smallest absolute Gasteiger partial charge is 0.371 e. The van der Waals surface area contributed by atoms with Crippen LogP contribution in [0.5, 0.6) is 0 Å². The van der Waals surface area contributed by atoms with E-state index >= 15 is 0 Å². The van der Waals surface area contributed by atoms with Crippen LogP contribution in [0.4, 0.5) is 10.1 Å². The summed E-state index contributed by atoms with van der Waals surface area (Å²) in [6.07, 6.45) is 0. The summed E-state index contributed by atoms with van der Waals surface area (Å²) in [7, 11) is -4.17. The number of sulfonamides is 1. The Bertz CT molecular complexity index is 800. The lowest BCUT2D eigenvalue weighted by Gasteiger charge is -2.07. The van der Waals surface area contributed by atoms with Crippen molar-refractivity contribution in [2.75, 3.05) is 4.72 Å². The molecule has 0 aliphatic rings. The molecule has 21 heavy (non-hydrogen) atoms. The van der Waals surface area contributed by atoms with E-state index in [2.05, 4.69) is 20.7 Å². The van der Waals surface area contributed by atoms with Crippen LogP contribution in [0.1, 0.15) is 10.6 Å². The summed E-state index contributed by atoms with van der Waals surface area (Å²) in [6.45, 7) is 0. The maximum atomic E-state index is 13.2. The molecule has 0 fully saturated rings. The molecule has 2 N–H and O–H groups in total. The van der Waals surface area contributed by atoms with E-state index < -0.39 is 32.5 Å². The molecule has 1 aromatic carbocycles. The fourth-order valence-electron chi connectivity index (χ4n) is 1.46. The molecule has 2 aromatic rings. The third-order valence-electron chi connectivity index (χ3n) is 2.27. The molecular formula is C11H6BrClFNO5S. The van der Waals surface area contributed by atoms with Crippen molar-refractivity contribution in [3.8, 4) is 0 Å². The molecule has 0 saturated carbocycles. The summed E-state index contributed by atoms with van der Waals surface area (Å²) in [4.78, 5) is 10.3. The molecule has 0 unspecified atom stereocenters. The molecule has 1 heterocycles. The zero-order valence-corrected chi connectivity index (χ0v) is 13.1. The minimum Gasteiger partial charge on any atom is -0.475 e. The number of anilines is 1. The molecule has 6 nitrogen and oxygen atoms in total. The molecule has 0 saturated heterocycles. The van der Waals surface area contributed by atoms with Crippen LogP contribution in [-0.2, 0) is 10.0 Å². The van der Waals surface area contributed by atoms with Gasteiger partial charge in [-0.2, -0.15) is 0 Å². The molecule has 112 valence electrons. The van der Waals surface area contributed by atoms with Gasteiger partial charge in [-0.25, -0.2) is 17.6 Å². The molecule has 0 amide bonds. The van der Waals surface area contributed by atoms with Gasteiger partial charge in [0.25, 0.3) is 10.0 Å². The predicted octanol–water partition coefficient (Wildman–Crippen LogP) is 3.33. The number of carbonyl (C=O) groups is 1. The maximum absolute atomic E-state index is 13.2. The Morgan fingerprint density at radius 2 is 2.00 bits per heavy atom. The van der Waals surface area contributed by atoms with E-state index in [1.807, 2.05) is 0 Å². The number of nitrogens with one attached hydrogen (secondary N) is 1. The zero-order valence-electron chi connectivity index (χ0n) is 9.93. The number of carboxylic acid groups (broad SMARTS) is 1. The number of halogens is 3. The summed E-state index contributed by atoms with van der Waals surface area (Å²) < 4.78 is 43.9. The first-order chi connectivity index (χ1) is 9.69. The van der Waals surface area contributed by atoms with E-state index in [-0.39, 0.29) is 15.4 Å². The minimum atomic E-state index is -4.17. The van der Waals surface area contributed by atoms with Crippen LogP contribution in [0.2, 0.25) is 5.02 Å². The summed E-state index contributed by atoms with van der Waals surface area (Å²) in [5.74, 6) is -2.71. The Hall–Kier alpha value is -1.58. The SMILES string of the molecule is O=C(O)c1cc(S(=O)(=O)Nc2cc(F)cc(Cl)c2)c(Br)o1. The second-order valence-electron chi connectivity index (χ2n) is 3.82. The number of hydrogen-bond donors (Lipinski definition) is 2. The lowest BCUT2D eigenvalue weighted by atomic mass is 10.3. The molecule has 1 aromatic heterocycles. The molecule has 0 bridgehead atoms. The van der Waals surface area contributed by atoms with Crippen molar-refractivity contribution in [1.29, 1.82) is 0 Å². The van der Waals surface area contributed by atoms with Gasteiger partial charge in [0.05, 0.1) is 5.69 Å². The highest BCUT2D eigenvalue weighted by molar-refractivity contribution is 9.10. The second-order valence-corrected chi connectivity index (χ2v) is 6.62. The van der Waals surface area contributed by atoms with Gasteiger partial charge in [-0.05, 0) is 34.1 Å². The first kappa shape index (κ1) is 15.8. The van der Waals surface area contributed by atoms with Crippen molar-refractivity contribution in [2.45, 2.75) is 4.90 Å². The molecule has 0 radical (unpaired) electrons. The van der Waals surface area contributed by atoms with Crippen LogP contribution in [0, 0.1) is 5.82 Å². The fourth-order valence-corrected chi connectivity index (χ4v) is 3.67. The van der Waals surface area contributed by atoms with Crippen LogP contribution in [-0.4, -0.2) is 19.5 Å². The number of rotatable bonds is 4. The maximum Gasteiger partial charge on any atom is 0.371 e. The van der Waals surface area contributed by atoms with Crippen molar-refractivity contribution >= 4 is 49.2 Å². The van der Waals surface area contributed by atoms with Gasteiger partial charge in [0, 0.05) is 11.1 Å². The largest absolute Gasteiger partial charge is 0.475 e. The zero-order chi connectivity index (χ0) is 15.8. The molecule has 0 aliphatic carbocycles. The third-order valence-corrected chi connectivity index (χ3v) is 4.73. The van der Waals surface area contributed by atoms with Crippen LogP contribution >= 0.6 is 27.5 Å². The van der Waals surface area contributed by atoms with Crippen LogP contribution in [0.25, 0.3) is 0 Å². The molecular weight excluding hydrogens is 393 g/mol. The molecule has 0 atom stereocenters. The van der Waals surface area contributed by atoms with Gasteiger partial charge in [0.1, 0.15) is 10.7 Å². The monoisotopic (exact) mass is 397 g/mol. The van der Waals surface area contributed by atoms with Crippen molar-refractivity contribution in [3.05, 3.63) is 45.5 Å². The van der Waals surface area contributed by atoms with E-state index in [1.165, 1.54) is 6.07 Å². The van der Waals surface area contributed by atoms with E-state index in [9.17, 15) is 17.6 Å². The van der Waals surface area contributed by atoms with Gasteiger partial charge in [0.2, 0.25) is 5.76 Å². The highest BCUT2D eigenvalue weighted by Gasteiger charge is 2.25. The van der Waals surface area contributed by atoms with Crippen LogP contribution < -0.4 is 4.72 Å². The highest BCUT2D eigenvalue weighted by atomic mass is 79.9. The lowest BCUT2D eigenvalue weighted by Crippen LogP contribution is -2.13. The normalized spacial score (nSPS) is 11.4. The Morgan fingerprint density at radius 3 is 2.52 bits per heavy atom. The standard InChI is InChI=1S/C11H6BrClFNO5S/c12-10-9(4-8(20-10)11(16)17)21(18,19)15-7-2-5(13)1-6(14)3-7/h1-4,15H,(H,16,17). The van der Waals surface area contributed by atoms with Gasteiger partial charge >= 0.3 is 5.97 Å². The molecule has 2 rings (SSSR count). The van der Waals surface area contributed by atoms with E-state index in [4.69, 9.17) is 21.1 Å². The fraction of sp³-hybridized carbons (Fsp3) is 0. The second kappa shape index (κ2) is 5.66. The number of aromatic carboxylic acids is 1. The summed E-state index contributed by atoms with van der Waals surface area (Å²) >= 11 is 8.44. The Balaban J connectivity index is 2.40. The van der Waals surface area contributed by atoms with E-state index in [1.54, 1.807) is 0 Å². The predicted molar refractivity (Wildman–Crippen MR) is 75.6 cm³/mol. The Kier molecular flexibility index (Phi) is 4.26. The minimum absolute atomic E-state index is 0.00480.